The summed E-state index contributed by atoms with van der Waals surface area (Å²) in [6.07, 6.45) is 1.57. The van der Waals surface area contributed by atoms with Crippen molar-refractivity contribution >= 4 is 11.6 Å². The van der Waals surface area contributed by atoms with Crippen LogP contribution in [0.5, 0.6) is 0 Å². The molecule has 2 aromatic rings. The molecule has 112 valence electrons. The van der Waals surface area contributed by atoms with Crippen LogP contribution in [0.4, 0.5) is 0 Å². The van der Waals surface area contributed by atoms with E-state index in [4.69, 9.17) is 11.6 Å². The minimum atomic E-state index is -0.331. The average molecular weight is 308 g/mol. The molecule has 5 nitrogen and oxygen atoms in total. The summed E-state index contributed by atoms with van der Waals surface area (Å²) in [5, 5.41) is 3.94. The Balaban J connectivity index is 2.20. The number of nitrogens with one attached hydrogen (secondary N) is 1. The van der Waals surface area contributed by atoms with Gasteiger partial charge >= 0.3 is 5.69 Å². The summed E-state index contributed by atoms with van der Waals surface area (Å²) < 4.78 is 2.51. The Morgan fingerprint density at radius 2 is 1.90 bits per heavy atom. The van der Waals surface area contributed by atoms with Gasteiger partial charge in [-0.2, -0.15) is 0 Å². The Morgan fingerprint density at radius 3 is 2.57 bits per heavy atom. The summed E-state index contributed by atoms with van der Waals surface area (Å²) in [7, 11) is 3.11. The molecule has 0 aliphatic carbocycles. The van der Waals surface area contributed by atoms with Gasteiger partial charge < -0.3 is 9.88 Å². The molecular weight excluding hydrogens is 290 g/mol. The van der Waals surface area contributed by atoms with E-state index >= 15 is 0 Å². The SMILES string of the molecule is C[C@H](NCc1cn(C)c(=O)n(C)c1=O)c1ccccc1Cl. The molecule has 6 heteroatoms. The number of benzene rings is 1. The van der Waals surface area contributed by atoms with Gasteiger partial charge in [-0.15, -0.1) is 0 Å². The first-order chi connectivity index (χ1) is 9.91. The van der Waals surface area contributed by atoms with Gasteiger partial charge in [-0.1, -0.05) is 29.8 Å². The van der Waals surface area contributed by atoms with E-state index in [-0.39, 0.29) is 17.3 Å². The van der Waals surface area contributed by atoms with Gasteiger partial charge in [-0.05, 0) is 18.6 Å². The molecule has 0 bridgehead atoms. The normalized spacial score (nSPS) is 12.4. The highest BCUT2D eigenvalue weighted by Crippen LogP contribution is 2.22. The lowest BCUT2D eigenvalue weighted by Gasteiger charge is -2.16. The maximum Gasteiger partial charge on any atom is 0.330 e. The van der Waals surface area contributed by atoms with E-state index in [0.29, 0.717) is 17.1 Å². The van der Waals surface area contributed by atoms with E-state index in [2.05, 4.69) is 5.32 Å². The third kappa shape index (κ3) is 3.25. The van der Waals surface area contributed by atoms with Crippen LogP contribution in [-0.2, 0) is 20.6 Å². The third-order valence-electron chi connectivity index (χ3n) is 3.49. The summed E-state index contributed by atoms with van der Waals surface area (Å²) in [6, 6.07) is 7.58. The van der Waals surface area contributed by atoms with Gasteiger partial charge in [0.2, 0.25) is 0 Å². The first kappa shape index (κ1) is 15.5. The number of rotatable bonds is 4. The topological polar surface area (TPSA) is 56.0 Å². The third-order valence-corrected chi connectivity index (χ3v) is 3.83. The Labute approximate surface area is 127 Å². The van der Waals surface area contributed by atoms with E-state index in [1.807, 2.05) is 31.2 Å². The Hall–Kier alpha value is -1.85. The highest BCUT2D eigenvalue weighted by molar-refractivity contribution is 6.31. The molecule has 0 radical (unpaired) electrons. The number of nitrogens with zero attached hydrogens (tertiary/aromatic N) is 2. The number of halogens is 1. The summed E-state index contributed by atoms with van der Waals surface area (Å²) >= 11 is 6.15. The fourth-order valence-corrected chi connectivity index (χ4v) is 2.50. The zero-order chi connectivity index (χ0) is 15.6. The van der Waals surface area contributed by atoms with Crippen LogP contribution in [0.25, 0.3) is 0 Å². The smallest absolute Gasteiger partial charge is 0.306 e. The Morgan fingerprint density at radius 1 is 1.24 bits per heavy atom. The van der Waals surface area contributed by atoms with Crippen LogP contribution in [0, 0.1) is 0 Å². The quantitative estimate of drug-likeness (QED) is 0.933. The second-order valence-electron chi connectivity index (χ2n) is 5.04. The van der Waals surface area contributed by atoms with Crippen molar-refractivity contribution in [3.05, 3.63) is 67.4 Å². The molecule has 0 aliphatic heterocycles. The van der Waals surface area contributed by atoms with Gasteiger partial charge in [0, 0.05) is 43.5 Å². The number of hydrogen-bond acceptors (Lipinski definition) is 3. The van der Waals surface area contributed by atoms with Crippen LogP contribution in [0.15, 0.2) is 40.1 Å². The lowest BCUT2D eigenvalue weighted by molar-refractivity contribution is 0.559. The molecule has 0 fully saturated rings. The molecule has 0 aliphatic rings. The molecule has 1 aromatic carbocycles. The molecule has 1 heterocycles. The summed E-state index contributed by atoms with van der Waals surface area (Å²) in [6.45, 7) is 2.35. The van der Waals surface area contributed by atoms with Gasteiger partial charge in [0.15, 0.2) is 0 Å². The highest BCUT2D eigenvalue weighted by Gasteiger charge is 2.11. The molecule has 0 spiro atoms. The predicted molar refractivity (Wildman–Crippen MR) is 83.6 cm³/mol. The van der Waals surface area contributed by atoms with Crippen molar-refractivity contribution < 1.29 is 0 Å². The van der Waals surface area contributed by atoms with Crippen molar-refractivity contribution in [2.75, 3.05) is 0 Å². The van der Waals surface area contributed by atoms with Crippen LogP contribution in [0.3, 0.4) is 0 Å². The van der Waals surface area contributed by atoms with E-state index in [1.54, 1.807) is 13.2 Å². The van der Waals surface area contributed by atoms with Crippen LogP contribution in [0.2, 0.25) is 5.02 Å². The molecule has 1 N–H and O–H groups in total. The zero-order valence-electron chi connectivity index (χ0n) is 12.3. The van der Waals surface area contributed by atoms with E-state index in [1.165, 1.54) is 11.6 Å². The summed E-state index contributed by atoms with van der Waals surface area (Å²) in [5.41, 5.74) is 0.902. The molecule has 0 amide bonds. The minimum absolute atomic E-state index is 0.000593. The number of hydrogen-bond donors (Lipinski definition) is 1. The number of aromatic nitrogens is 2. The van der Waals surface area contributed by atoms with Crippen molar-refractivity contribution in [1.82, 2.24) is 14.5 Å². The number of aryl methyl sites for hydroxylation is 1. The molecule has 1 aromatic heterocycles. The van der Waals surface area contributed by atoms with Gasteiger partial charge in [-0.3, -0.25) is 9.36 Å². The van der Waals surface area contributed by atoms with Crippen LogP contribution < -0.4 is 16.6 Å². The van der Waals surface area contributed by atoms with Gasteiger partial charge in [0.25, 0.3) is 5.56 Å². The molecule has 0 unspecified atom stereocenters. The molecule has 21 heavy (non-hydrogen) atoms. The maximum absolute atomic E-state index is 12.0. The fourth-order valence-electron chi connectivity index (χ4n) is 2.20. The van der Waals surface area contributed by atoms with Crippen molar-refractivity contribution in [1.29, 1.82) is 0 Å². The summed E-state index contributed by atoms with van der Waals surface area (Å²) in [5.74, 6) is 0. The average Bonchev–Trinajstić information content (AvgIpc) is 2.47. The van der Waals surface area contributed by atoms with E-state index in [9.17, 15) is 9.59 Å². The molecule has 1 atom stereocenters. The highest BCUT2D eigenvalue weighted by atomic mass is 35.5. The fraction of sp³-hybridized carbons (Fsp3) is 0.333. The van der Waals surface area contributed by atoms with E-state index < -0.39 is 0 Å². The first-order valence-electron chi connectivity index (χ1n) is 6.65. The maximum atomic E-state index is 12.0. The molecular formula is C15H18ClN3O2. The van der Waals surface area contributed by atoms with E-state index in [0.717, 1.165) is 10.1 Å². The predicted octanol–water partition coefficient (Wildman–Crippen LogP) is 1.59. The lowest BCUT2D eigenvalue weighted by atomic mass is 10.1. The Kier molecular flexibility index (Phi) is 4.65. The summed E-state index contributed by atoms with van der Waals surface area (Å²) in [4.78, 5) is 23.7. The van der Waals surface area contributed by atoms with Crippen molar-refractivity contribution in [3.63, 3.8) is 0 Å². The van der Waals surface area contributed by atoms with Gasteiger partial charge in [0.1, 0.15) is 0 Å². The monoisotopic (exact) mass is 307 g/mol. The van der Waals surface area contributed by atoms with Crippen LogP contribution in [0.1, 0.15) is 24.1 Å². The van der Waals surface area contributed by atoms with Crippen LogP contribution in [-0.4, -0.2) is 9.13 Å². The first-order valence-corrected chi connectivity index (χ1v) is 7.03. The lowest BCUT2D eigenvalue weighted by Crippen LogP contribution is -2.39. The zero-order valence-corrected chi connectivity index (χ0v) is 13.0. The van der Waals surface area contributed by atoms with Crippen LogP contribution >= 0.6 is 11.6 Å². The van der Waals surface area contributed by atoms with Crippen molar-refractivity contribution in [2.24, 2.45) is 14.1 Å². The van der Waals surface area contributed by atoms with Gasteiger partial charge in [0.05, 0.1) is 0 Å². The molecule has 0 saturated heterocycles. The molecule has 2 rings (SSSR count). The van der Waals surface area contributed by atoms with Crippen molar-refractivity contribution in [2.45, 2.75) is 19.5 Å². The largest absolute Gasteiger partial charge is 0.330 e. The second-order valence-corrected chi connectivity index (χ2v) is 5.44. The van der Waals surface area contributed by atoms with Crippen molar-refractivity contribution in [3.8, 4) is 0 Å². The standard InChI is InChI=1S/C15H18ClN3O2/c1-10(12-6-4-5-7-13(12)16)17-8-11-9-18(2)15(21)19(3)14(11)20/h4-7,9-10,17H,8H2,1-3H3/t10-/m0/s1. The molecule has 0 saturated carbocycles. The Bertz CT molecular complexity index is 764. The van der Waals surface area contributed by atoms with Gasteiger partial charge in [-0.25, -0.2) is 4.79 Å². The second kappa shape index (κ2) is 6.28. The minimum Gasteiger partial charge on any atom is -0.306 e.